The summed E-state index contributed by atoms with van der Waals surface area (Å²) in [6.07, 6.45) is -10.9. The SMILES string of the molecule is CCOC(=O)CCC1(C)O[C@@H]2[C@@H](O1)[C@@H](O[C@H]1O[C@@H]3COC(C)(CC(=O)OCC)O[C@H]3[C@H](OC(C)=O)[C@H]1OC(C)=O)O[C@@H]1COC(C)(CCC(=O)OCC)O[C@@H]21. The molecule has 5 aliphatic rings. The highest BCUT2D eigenvalue weighted by Gasteiger charge is 2.63. The fourth-order valence-corrected chi connectivity index (χ4v) is 7.27. The monoisotopic (exact) mass is 790 g/mol. The molecule has 5 fully saturated rings. The zero-order valence-electron chi connectivity index (χ0n) is 32.6. The van der Waals surface area contributed by atoms with Gasteiger partial charge in [0.15, 0.2) is 35.9 Å². The number of carbonyl (C=O) groups is 5. The van der Waals surface area contributed by atoms with Gasteiger partial charge in [0.05, 0.1) is 52.3 Å². The number of esters is 5. The van der Waals surface area contributed by atoms with Crippen molar-refractivity contribution in [1.82, 2.24) is 0 Å². The van der Waals surface area contributed by atoms with Gasteiger partial charge in [0, 0.05) is 26.7 Å². The Morgan fingerprint density at radius 2 is 1.04 bits per heavy atom. The summed E-state index contributed by atoms with van der Waals surface area (Å²) in [5.74, 6) is -6.93. The van der Waals surface area contributed by atoms with Crippen molar-refractivity contribution in [2.75, 3.05) is 33.0 Å². The van der Waals surface area contributed by atoms with E-state index in [9.17, 15) is 24.0 Å². The third-order valence-electron chi connectivity index (χ3n) is 9.65. The van der Waals surface area contributed by atoms with Crippen molar-refractivity contribution >= 4 is 29.8 Å². The minimum Gasteiger partial charge on any atom is -0.466 e. The second kappa shape index (κ2) is 18.1. The molecule has 3 unspecified atom stereocenters. The highest BCUT2D eigenvalue weighted by molar-refractivity contribution is 5.70. The lowest BCUT2D eigenvalue weighted by atomic mass is 9.95. The fraction of sp³-hybridized carbons (Fsp3) is 0.861. The highest BCUT2D eigenvalue weighted by Crippen LogP contribution is 2.46. The van der Waals surface area contributed by atoms with Gasteiger partial charge in [-0.2, -0.15) is 0 Å². The van der Waals surface area contributed by atoms with Crippen molar-refractivity contribution in [2.24, 2.45) is 0 Å². The van der Waals surface area contributed by atoms with Crippen LogP contribution in [-0.4, -0.2) is 142 Å². The molecule has 0 bridgehead atoms. The Hall–Kier alpha value is -3.01. The molecule has 5 rings (SSSR count). The molecule has 5 heterocycles. The van der Waals surface area contributed by atoms with Gasteiger partial charge < -0.3 is 66.3 Å². The van der Waals surface area contributed by atoms with Crippen molar-refractivity contribution in [2.45, 2.75) is 166 Å². The Morgan fingerprint density at radius 3 is 1.64 bits per heavy atom. The van der Waals surface area contributed by atoms with E-state index in [1.165, 1.54) is 20.8 Å². The van der Waals surface area contributed by atoms with Crippen molar-refractivity contribution in [3.63, 3.8) is 0 Å². The molecule has 0 spiro atoms. The smallest absolute Gasteiger partial charge is 0.311 e. The molecule has 0 aromatic rings. The second-order valence-corrected chi connectivity index (χ2v) is 14.3. The first-order valence-corrected chi connectivity index (χ1v) is 18.8. The maximum absolute atomic E-state index is 12.5. The molecule has 0 amide bonds. The minimum atomic E-state index is -1.49. The molecule has 0 aliphatic carbocycles. The normalized spacial score (nSPS) is 39.4. The summed E-state index contributed by atoms with van der Waals surface area (Å²) in [5, 5.41) is 0. The predicted molar refractivity (Wildman–Crippen MR) is 179 cm³/mol. The molecule has 19 heteroatoms. The third-order valence-corrected chi connectivity index (χ3v) is 9.65. The third kappa shape index (κ3) is 10.7. The molecule has 5 saturated heterocycles. The molecule has 0 aromatic carbocycles. The molecule has 55 heavy (non-hydrogen) atoms. The van der Waals surface area contributed by atoms with Gasteiger partial charge in [-0.25, -0.2) is 0 Å². The van der Waals surface area contributed by atoms with Gasteiger partial charge in [0.2, 0.25) is 6.29 Å². The Bertz CT molecular complexity index is 1390. The number of hydrogen-bond donors (Lipinski definition) is 0. The summed E-state index contributed by atoms with van der Waals surface area (Å²) in [4.78, 5) is 61.9. The van der Waals surface area contributed by atoms with Crippen LogP contribution in [0.15, 0.2) is 0 Å². The summed E-state index contributed by atoms with van der Waals surface area (Å²) in [6.45, 7) is 12.8. The van der Waals surface area contributed by atoms with E-state index in [2.05, 4.69) is 0 Å². The summed E-state index contributed by atoms with van der Waals surface area (Å²) < 4.78 is 83.5. The van der Waals surface area contributed by atoms with E-state index in [0.29, 0.717) is 0 Å². The largest absolute Gasteiger partial charge is 0.466 e. The minimum absolute atomic E-state index is 0.00360. The van der Waals surface area contributed by atoms with Gasteiger partial charge in [0.25, 0.3) is 0 Å². The lowest BCUT2D eigenvalue weighted by molar-refractivity contribution is -0.421. The van der Waals surface area contributed by atoms with Crippen LogP contribution >= 0.6 is 0 Å². The zero-order chi connectivity index (χ0) is 40.1. The van der Waals surface area contributed by atoms with E-state index in [4.69, 9.17) is 66.3 Å². The quantitative estimate of drug-likeness (QED) is 0.171. The van der Waals surface area contributed by atoms with Crippen LogP contribution in [0.4, 0.5) is 0 Å². The van der Waals surface area contributed by atoms with E-state index in [1.54, 1.807) is 34.6 Å². The Balaban J connectivity index is 1.41. The Morgan fingerprint density at radius 1 is 0.564 bits per heavy atom. The van der Waals surface area contributed by atoms with Crippen LogP contribution in [0.1, 0.15) is 87.5 Å². The van der Waals surface area contributed by atoms with Gasteiger partial charge in [-0.05, 0) is 41.5 Å². The molecule has 312 valence electrons. The maximum atomic E-state index is 12.5. The summed E-state index contributed by atoms with van der Waals surface area (Å²) in [5.41, 5.74) is 0. The number of carbonyl (C=O) groups excluding carboxylic acids is 5. The van der Waals surface area contributed by atoms with Gasteiger partial charge in [-0.1, -0.05) is 0 Å². The topological polar surface area (TPSA) is 215 Å². The number of hydrogen-bond acceptors (Lipinski definition) is 19. The number of fused-ring (bicyclic) bond motifs is 4. The van der Waals surface area contributed by atoms with E-state index in [1.807, 2.05) is 0 Å². The molecule has 0 N–H and O–H groups in total. The average molecular weight is 791 g/mol. The van der Waals surface area contributed by atoms with Crippen molar-refractivity contribution < 1.29 is 90.3 Å². The van der Waals surface area contributed by atoms with E-state index >= 15 is 0 Å². The van der Waals surface area contributed by atoms with Crippen molar-refractivity contribution in [3.8, 4) is 0 Å². The molecular formula is C36H54O19. The zero-order valence-corrected chi connectivity index (χ0v) is 32.6. The van der Waals surface area contributed by atoms with Crippen LogP contribution in [0, 0.1) is 0 Å². The molecule has 0 radical (unpaired) electrons. The van der Waals surface area contributed by atoms with E-state index in [0.717, 1.165) is 0 Å². The lowest BCUT2D eigenvalue weighted by Gasteiger charge is -2.52. The van der Waals surface area contributed by atoms with E-state index in [-0.39, 0.29) is 65.1 Å². The first-order valence-electron chi connectivity index (χ1n) is 18.8. The van der Waals surface area contributed by atoms with Crippen molar-refractivity contribution in [1.29, 1.82) is 0 Å². The van der Waals surface area contributed by atoms with Crippen LogP contribution in [0.25, 0.3) is 0 Å². The molecular weight excluding hydrogens is 736 g/mol. The van der Waals surface area contributed by atoms with Crippen LogP contribution in [0.2, 0.25) is 0 Å². The van der Waals surface area contributed by atoms with Gasteiger partial charge in [-0.15, -0.1) is 0 Å². The Labute approximate surface area is 319 Å². The lowest BCUT2D eigenvalue weighted by Crippen LogP contribution is -2.69. The number of ether oxygens (including phenoxy) is 14. The fourth-order valence-electron chi connectivity index (χ4n) is 7.27. The molecule has 5 aliphatic heterocycles. The Kier molecular flexibility index (Phi) is 14.2. The van der Waals surface area contributed by atoms with Gasteiger partial charge in [0.1, 0.15) is 36.6 Å². The van der Waals surface area contributed by atoms with Gasteiger partial charge >= 0.3 is 29.8 Å². The molecule has 0 aromatic heterocycles. The average Bonchev–Trinajstić information content (AvgIpc) is 3.47. The maximum Gasteiger partial charge on any atom is 0.311 e. The van der Waals surface area contributed by atoms with Crippen LogP contribution in [0.3, 0.4) is 0 Å². The molecule has 13 atom stereocenters. The first-order chi connectivity index (χ1) is 26.0. The summed E-state index contributed by atoms with van der Waals surface area (Å²) in [7, 11) is 0. The van der Waals surface area contributed by atoms with Crippen LogP contribution < -0.4 is 0 Å². The van der Waals surface area contributed by atoms with E-state index < -0.39 is 109 Å². The standard InChI is InChI=1S/C36H54O19/c1-9-42-23(39)12-14-34(6)45-17-22-27(52-34)29-31(55-35(7,54-29)15-13-24(40)43-10-2)33(50-22)51-32-30(48-20(5)38)28(47-19(4)37)26-21(49-32)18-46-36(8,53-26)16-25(41)44-11-3/h21-22,26-33H,9-18H2,1-8H3/t21-,22-,26-,27-,28+,29+,30-,31-,32-,33-,34?,35?,36?/m1/s1. The van der Waals surface area contributed by atoms with Crippen LogP contribution in [0.5, 0.6) is 0 Å². The number of rotatable bonds is 15. The van der Waals surface area contributed by atoms with Crippen LogP contribution in [-0.2, 0) is 90.3 Å². The predicted octanol–water partition coefficient (Wildman–Crippen LogP) is 1.72. The summed E-state index contributed by atoms with van der Waals surface area (Å²) >= 11 is 0. The second-order valence-electron chi connectivity index (χ2n) is 14.3. The van der Waals surface area contributed by atoms with Gasteiger partial charge in [-0.3, -0.25) is 24.0 Å². The molecule has 19 nitrogen and oxygen atoms in total. The van der Waals surface area contributed by atoms with Crippen molar-refractivity contribution in [3.05, 3.63) is 0 Å². The first kappa shape index (κ1) is 43.1. The molecule has 0 saturated carbocycles. The highest BCUT2D eigenvalue weighted by atomic mass is 16.8. The summed E-state index contributed by atoms with van der Waals surface area (Å²) in [6, 6.07) is 0.